The average molecular weight is 340 g/mol. The fourth-order valence-electron chi connectivity index (χ4n) is 1.56. The third kappa shape index (κ3) is 3.54. The van der Waals surface area contributed by atoms with Gasteiger partial charge in [0.15, 0.2) is 0 Å². The van der Waals surface area contributed by atoms with Gasteiger partial charge in [-0.2, -0.15) is 0 Å². The quantitative estimate of drug-likeness (QED) is 0.841. The van der Waals surface area contributed by atoms with E-state index < -0.39 is 0 Å². The lowest BCUT2D eigenvalue weighted by Gasteiger charge is -2.06. The highest BCUT2D eigenvalue weighted by molar-refractivity contribution is 9.10. The van der Waals surface area contributed by atoms with E-state index in [4.69, 9.17) is 5.73 Å². The van der Waals surface area contributed by atoms with E-state index in [1.54, 1.807) is 29.5 Å². The molecule has 1 aromatic heterocycles. The zero-order valence-corrected chi connectivity index (χ0v) is 12.8. The lowest BCUT2D eigenvalue weighted by molar-refractivity contribution is 0.0950. The Morgan fingerprint density at radius 1 is 1.53 bits per heavy atom. The van der Waals surface area contributed by atoms with Crippen molar-refractivity contribution in [3.63, 3.8) is 0 Å². The molecule has 0 unspecified atom stereocenters. The van der Waals surface area contributed by atoms with Crippen LogP contribution in [0.4, 0.5) is 5.69 Å². The topological polar surface area (TPSA) is 68.0 Å². The van der Waals surface area contributed by atoms with Crippen molar-refractivity contribution in [2.75, 3.05) is 5.73 Å². The van der Waals surface area contributed by atoms with Crippen LogP contribution in [0.25, 0.3) is 0 Å². The van der Waals surface area contributed by atoms with Crippen LogP contribution in [0.15, 0.2) is 28.9 Å². The summed E-state index contributed by atoms with van der Waals surface area (Å²) in [5, 5.41) is 3.75. The van der Waals surface area contributed by atoms with Crippen LogP contribution in [0.5, 0.6) is 0 Å². The second-order valence-corrected chi connectivity index (χ2v) is 6.05. The molecule has 6 heteroatoms. The Labute approximate surface area is 124 Å². The van der Waals surface area contributed by atoms with Crippen molar-refractivity contribution in [2.24, 2.45) is 0 Å². The molecule has 0 saturated heterocycles. The molecule has 3 N–H and O–H groups in total. The van der Waals surface area contributed by atoms with Crippen LogP contribution in [-0.4, -0.2) is 10.9 Å². The normalized spacial score (nSPS) is 10.4. The first-order valence-electron chi connectivity index (χ1n) is 5.87. The summed E-state index contributed by atoms with van der Waals surface area (Å²) >= 11 is 4.96. The Morgan fingerprint density at radius 2 is 2.32 bits per heavy atom. The van der Waals surface area contributed by atoms with Crippen molar-refractivity contribution >= 4 is 38.9 Å². The fourth-order valence-corrected chi connectivity index (χ4v) is 2.79. The van der Waals surface area contributed by atoms with E-state index in [2.05, 4.69) is 33.2 Å². The summed E-state index contributed by atoms with van der Waals surface area (Å²) < 4.78 is 0.729. The lowest BCUT2D eigenvalue weighted by atomic mass is 10.2. The number of carbonyl (C=O) groups is 1. The summed E-state index contributed by atoms with van der Waals surface area (Å²) in [4.78, 5) is 17.5. The standard InChI is InChI=1S/C13H14BrN3OS/c1-2-9-6-16-12(19-9)7-17-13(18)10-5-8(15)3-4-11(10)14/h3-6H,2,7,15H2,1H3,(H,17,18). The number of nitrogens with two attached hydrogens (primary N) is 1. The average Bonchev–Trinajstić information content (AvgIpc) is 2.87. The molecule has 0 bridgehead atoms. The smallest absolute Gasteiger partial charge is 0.252 e. The highest BCUT2D eigenvalue weighted by Crippen LogP contribution is 2.20. The molecule has 0 fully saturated rings. The third-order valence-corrected chi connectivity index (χ3v) is 4.42. The van der Waals surface area contributed by atoms with Crippen LogP contribution < -0.4 is 11.1 Å². The van der Waals surface area contributed by atoms with Gasteiger partial charge in [-0.25, -0.2) is 4.98 Å². The van der Waals surface area contributed by atoms with Crippen molar-refractivity contribution in [3.05, 3.63) is 44.3 Å². The van der Waals surface area contributed by atoms with Gasteiger partial charge in [0.1, 0.15) is 5.01 Å². The molecular weight excluding hydrogens is 326 g/mol. The van der Waals surface area contributed by atoms with Gasteiger partial charge in [0.25, 0.3) is 5.91 Å². The van der Waals surface area contributed by atoms with Crippen molar-refractivity contribution < 1.29 is 4.79 Å². The summed E-state index contributed by atoms with van der Waals surface area (Å²) in [5.74, 6) is -0.160. The number of benzene rings is 1. The zero-order valence-electron chi connectivity index (χ0n) is 10.4. The molecule has 0 saturated carbocycles. The van der Waals surface area contributed by atoms with Crippen LogP contribution in [-0.2, 0) is 13.0 Å². The number of aryl methyl sites for hydroxylation is 1. The molecule has 2 rings (SSSR count). The molecule has 4 nitrogen and oxygen atoms in total. The highest BCUT2D eigenvalue weighted by Gasteiger charge is 2.11. The van der Waals surface area contributed by atoms with Crippen molar-refractivity contribution in [2.45, 2.75) is 19.9 Å². The van der Waals surface area contributed by atoms with Gasteiger partial charge in [-0.3, -0.25) is 4.79 Å². The van der Waals surface area contributed by atoms with E-state index in [-0.39, 0.29) is 5.91 Å². The molecule has 0 spiro atoms. The molecule has 19 heavy (non-hydrogen) atoms. The number of nitrogen functional groups attached to an aromatic ring is 1. The van der Waals surface area contributed by atoms with Gasteiger partial charge < -0.3 is 11.1 Å². The maximum Gasteiger partial charge on any atom is 0.252 e. The van der Waals surface area contributed by atoms with E-state index in [1.807, 2.05) is 6.20 Å². The van der Waals surface area contributed by atoms with Gasteiger partial charge in [0, 0.05) is 21.2 Å². The summed E-state index contributed by atoms with van der Waals surface area (Å²) in [5.41, 5.74) is 6.78. The fraction of sp³-hybridized carbons (Fsp3) is 0.231. The van der Waals surface area contributed by atoms with E-state index in [1.165, 1.54) is 4.88 Å². The summed E-state index contributed by atoms with van der Waals surface area (Å²) in [6, 6.07) is 5.16. The number of aromatic nitrogens is 1. The largest absolute Gasteiger partial charge is 0.399 e. The number of nitrogens with zero attached hydrogens (tertiary/aromatic N) is 1. The first kappa shape index (κ1) is 14.0. The van der Waals surface area contributed by atoms with Crippen LogP contribution in [0.3, 0.4) is 0 Å². The summed E-state index contributed by atoms with van der Waals surface area (Å²) in [6.07, 6.45) is 2.81. The van der Waals surface area contributed by atoms with Crippen molar-refractivity contribution in [1.82, 2.24) is 10.3 Å². The molecule has 0 aliphatic heterocycles. The van der Waals surface area contributed by atoms with Crippen LogP contribution in [0.2, 0.25) is 0 Å². The molecule has 1 amide bonds. The molecule has 1 heterocycles. The van der Waals surface area contributed by atoms with E-state index in [9.17, 15) is 4.79 Å². The van der Waals surface area contributed by atoms with Crippen molar-refractivity contribution in [1.29, 1.82) is 0 Å². The van der Waals surface area contributed by atoms with Crippen LogP contribution in [0.1, 0.15) is 27.2 Å². The van der Waals surface area contributed by atoms with Crippen LogP contribution in [0, 0.1) is 0 Å². The van der Waals surface area contributed by atoms with Gasteiger partial charge in [-0.1, -0.05) is 6.92 Å². The SMILES string of the molecule is CCc1cnc(CNC(=O)c2cc(N)ccc2Br)s1. The number of hydrogen-bond donors (Lipinski definition) is 2. The number of thiazole rings is 1. The number of halogens is 1. The molecule has 0 radical (unpaired) electrons. The molecule has 1 aromatic carbocycles. The first-order valence-corrected chi connectivity index (χ1v) is 7.48. The van der Waals surface area contributed by atoms with E-state index in [0.29, 0.717) is 17.8 Å². The predicted octanol–water partition coefficient (Wildman–Crippen LogP) is 2.98. The maximum absolute atomic E-state index is 12.0. The third-order valence-electron chi connectivity index (χ3n) is 2.59. The number of rotatable bonds is 4. The van der Waals surface area contributed by atoms with Crippen LogP contribution >= 0.6 is 27.3 Å². The Bertz CT molecular complexity index is 597. The highest BCUT2D eigenvalue weighted by atomic mass is 79.9. The Kier molecular flexibility index (Phi) is 4.55. The van der Waals surface area contributed by atoms with E-state index in [0.717, 1.165) is 15.9 Å². The van der Waals surface area contributed by atoms with E-state index >= 15 is 0 Å². The summed E-state index contributed by atoms with van der Waals surface area (Å²) in [7, 11) is 0. The summed E-state index contributed by atoms with van der Waals surface area (Å²) in [6.45, 7) is 2.52. The number of nitrogens with one attached hydrogen (secondary N) is 1. The molecule has 100 valence electrons. The minimum Gasteiger partial charge on any atom is -0.399 e. The number of amides is 1. The van der Waals surface area contributed by atoms with Gasteiger partial charge >= 0.3 is 0 Å². The maximum atomic E-state index is 12.0. The lowest BCUT2D eigenvalue weighted by Crippen LogP contribution is -2.23. The van der Waals surface area contributed by atoms with Crippen molar-refractivity contribution in [3.8, 4) is 0 Å². The number of hydrogen-bond acceptors (Lipinski definition) is 4. The van der Waals surface area contributed by atoms with Gasteiger partial charge in [-0.15, -0.1) is 11.3 Å². The molecule has 0 aliphatic carbocycles. The molecule has 0 aliphatic rings. The number of carbonyl (C=O) groups excluding carboxylic acids is 1. The van der Waals surface area contributed by atoms with Gasteiger partial charge in [-0.05, 0) is 40.5 Å². The zero-order chi connectivity index (χ0) is 13.8. The minimum atomic E-state index is -0.160. The Balaban J connectivity index is 2.03. The second kappa shape index (κ2) is 6.16. The van der Waals surface area contributed by atoms with Gasteiger partial charge in [0.2, 0.25) is 0 Å². The number of anilines is 1. The molecular formula is C13H14BrN3OS. The first-order chi connectivity index (χ1) is 9.10. The minimum absolute atomic E-state index is 0.160. The Hall–Kier alpha value is -1.40. The molecule has 0 atom stereocenters. The predicted molar refractivity (Wildman–Crippen MR) is 81.2 cm³/mol. The van der Waals surface area contributed by atoms with Gasteiger partial charge in [0.05, 0.1) is 12.1 Å². The Morgan fingerprint density at radius 3 is 3.00 bits per heavy atom. The monoisotopic (exact) mass is 339 g/mol. The second-order valence-electron chi connectivity index (χ2n) is 4.00. The molecule has 2 aromatic rings.